The summed E-state index contributed by atoms with van der Waals surface area (Å²) >= 11 is 1.00. The number of hydrogen-bond donors (Lipinski definition) is 2. The second kappa shape index (κ2) is 4.18. The van der Waals surface area contributed by atoms with E-state index in [-0.39, 0.29) is 10.6 Å². The average Bonchev–Trinajstić information content (AvgIpc) is 3.17. The van der Waals surface area contributed by atoms with Crippen LogP contribution in [0.5, 0.6) is 0 Å². The smallest absolute Gasteiger partial charge is 0.261 e. The van der Waals surface area contributed by atoms with Crippen LogP contribution in [0.15, 0.2) is 35.1 Å². The second-order valence-electron chi connectivity index (χ2n) is 5.11. The molecule has 0 unspecified atom stereocenters. The Balaban J connectivity index is 1.93. The number of fused-ring (bicyclic) bond motifs is 3. The molecule has 4 nitrogen and oxygen atoms in total. The highest BCUT2D eigenvalue weighted by atomic mass is 32.1. The molecular weight excluding hydrogens is 272 g/mol. The third-order valence-corrected chi connectivity index (χ3v) is 4.48. The number of aromatic amines is 1. The molecule has 1 aliphatic rings. The maximum Gasteiger partial charge on any atom is 0.261 e. The van der Waals surface area contributed by atoms with Gasteiger partial charge in [-0.25, -0.2) is 0 Å². The van der Waals surface area contributed by atoms with E-state index in [1.165, 1.54) is 0 Å². The number of nitrogens with one attached hydrogen (secondary N) is 2. The fourth-order valence-corrected chi connectivity index (χ4v) is 3.17. The number of rotatable bonds is 2. The zero-order chi connectivity index (χ0) is 13.7. The van der Waals surface area contributed by atoms with Gasteiger partial charge in [0.1, 0.15) is 5.52 Å². The van der Waals surface area contributed by atoms with Gasteiger partial charge in [0.25, 0.3) is 10.6 Å². The molecular formula is C15H12N2O2S. The highest BCUT2D eigenvalue weighted by Gasteiger charge is 2.24. The Morgan fingerprint density at radius 3 is 2.85 bits per heavy atom. The van der Waals surface area contributed by atoms with Crippen LogP contribution in [-0.2, 0) is 0 Å². The van der Waals surface area contributed by atoms with Crippen LogP contribution in [0.4, 0.5) is 0 Å². The number of hydrogen-bond acceptors (Lipinski definition) is 3. The Labute approximate surface area is 118 Å². The zero-order valence-electron chi connectivity index (χ0n) is 10.6. The van der Waals surface area contributed by atoms with Gasteiger partial charge in [0.15, 0.2) is 0 Å². The molecule has 1 aliphatic carbocycles. The van der Waals surface area contributed by atoms with E-state index in [2.05, 4.69) is 10.3 Å². The Hall–Kier alpha value is -2.14. The van der Waals surface area contributed by atoms with E-state index in [9.17, 15) is 9.59 Å². The number of amides is 1. The highest BCUT2D eigenvalue weighted by Crippen LogP contribution is 2.26. The third kappa shape index (κ3) is 1.82. The van der Waals surface area contributed by atoms with E-state index >= 15 is 0 Å². The van der Waals surface area contributed by atoms with Gasteiger partial charge in [-0.05, 0) is 25.0 Å². The normalized spacial score (nSPS) is 14.8. The number of benzene rings is 1. The van der Waals surface area contributed by atoms with Crippen molar-refractivity contribution in [2.45, 2.75) is 18.9 Å². The molecule has 5 heteroatoms. The van der Waals surface area contributed by atoms with Gasteiger partial charge in [-0.15, -0.1) is 0 Å². The van der Waals surface area contributed by atoms with Gasteiger partial charge < -0.3 is 10.3 Å². The first-order chi connectivity index (χ1) is 9.72. The molecule has 0 bridgehead atoms. The van der Waals surface area contributed by atoms with Crippen LogP contribution in [-0.4, -0.2) is 16.9 Å². The predicted octanol–water partition coefficient (Wildman–Crippen LogP) is 2.64. The van der Waals surface area contributed by atoms with Crippen molar-refractivity contribution >= 4 is 39.0 Å². The quantitative estimate of drug-likeness (QED) is 0.760. The molecule has 1 saturated carbocycles. The van der Waals surface area contributed by atoms with Crippen molar-refractivity contribution in [2.24, 2.45) is 0 Å². The van der Waals surface area contributed by atoms with Crippen molar-refractivity contribution < 1.29 is 4.79 Å². The van der Waals surface area contributed by atoms with Crippen molar-refractivity contribution in [1.29, 1.82) is 0 Å². The molecule has 1 aromatic carbocycles. The van der Waals surface area contributed by atoms with E-state index < -0.39 is 0 Å². The maximum absolute atomic E-state index is 12.2. The van der Waals surface area contributed by atoms with Crippen LogP contribution >= 0.6 is 11.3 Å². The van der Waals surface area contributed by atoms with Crippen molar-refractivity contribution in [2.75, 3.05) is 0 Å². The Bertz CT molecular complexity index is 890. The van der Waals surface area contributed by atoms with Gasteiger partial charge in [0, 0.05) is 22.3 Å². The largest absolute Gasteiger partial charge is 0.351 e. The zero-order valence-corrected chi connectivity index (χ0v) is 11.4. The van der Waals surface area contributed by atoms with Crippen LogP contribution in [0.25, 0.3) is 21.8 Å². The highest BCUT2D eigenvalue weighted by molar-refractivity contribution is 7.12. The lowest BCUT2D eigenvalue weighted by atomic mass is 10.2. The summed E-state index contributed by atoms with van der Waals surface area (Å²) in [6.07, 6.45) is 2.08. The fraction of sp³-hybridized carbons (Fsp3) is 0.200. The molecule has 1 amide bonds. The molecule has 1 fully saturated rings. The van der Waals surface area contributed by atoms with Gasteiger partial charge in [-0.2, -0.15) is 0 Å². The molecule has 4 rings (SSSR count). The van der Waals surface area contributed by atoms with E-state index in [1.807, 2.05) is 30.3 Å². The average molecular weight is 284 g/mol. The van der Waals surface area contributed by atoms with E-state index in [4.69, 9.17) is 0 Å². The summed E-state index contributed by atoms with van der Waals surface area (Å²) in [6, 6.07) is 9.86. The van der Waals surface area contributed by atoms with Gasteiger partial charge in [-0.3, -0.25) is 9.59 Å². The van der Waals surface area contributed by atoms with Crippen molar-refractivity contribution in [3.8, 4) is 0 Å². The van der Waals surface area contributed by atoms with Gasteiger partial charge >= 0.3 is 0 Å². The number of carbonyl (C=O) groups is 1. The lowest BCUT2D eigenvalue weighted by Gasteiger charge is -2.02. The summed E-state index contributed by atoms with van der Waals surface area (Å²) in [5.41, 5.74) is 1.51. The van der Waals surface area contributed by atoms with Gasteiger partial charge in [0.2, 0.25) is 0 Å². The first-order valence-electron chi connectivity index (χ1n) is 6.58. The lowest BCUT2D eigenvalue weighted by Crippen LogP contribution is -2.25. The van der Waals surface area contributed by atoms with Crippen LogP contribution < -0.4 is 10.1 Å². The molecule has 2 heterocycles. The summed E-state index contributed by atoms with van der Waals surface area (Å²) in [5.74, 6) is -0.137. The lowest BCUT2D eigenvalue weighted by molar-refractivity contribution is 0.0955. The van der Waals surface area contributed by atoms with Gasteiger partial charge in [-0.1, -0.05) is 29.5 Å². The monoisotopic (exact) mass is 284 g/mol. The number of para-hydroxylation sites is 1. The summed E-state index contributed by atoms with van der Waals surface area (Å²) < 4.78 is -0.0975. The summed E-state index contributed by atoms with van der Waals surface area (Å²) in [6.45, 7) is 0. The summed E-state index contributed by atoms with van der Waals surface area (Å²) in [5, 5.41) is 4.73. The first kappa shape index (κ1) is 11.7. The number of H-pyrrole nitrogens is 1. The van der Waals surface area contributed by atoms with Crippen LogP contribution in [0.2, 0.25) is 0 Å². The van der Waals surface area contributed by atoms with Crippen LogP contribution in [0, 0.1) is 0 Å². The molecule has 100 valence electrons. The summed E-state index contributed by atoms with van der Waals surface area (Å²) in [4.78, 5) is 27.9. The molecule has 0 radical (unpaired) electrons. The van der Waals surface area contributed by atoms with Crippen molar-refractivity contribution in [1.82, 2.24) is 10.3 Å². The minimum absolute atomic E-state index is 0.0975. The molecule has 0 aliphatic heterocycles. The molecule has 20 heavy (non-hydrogen) atoms. The first-order valence-corrected chi connectivity index (χ1v) is 7.39. The fourth-order valence-electron chi connectivity index (χ4n) is 2.38. The third-order valence-electron chi connectivity index (χ3n) is 3.56. The molecule has 0 atom stereocenters. The maximum atomic E-state index is 12.2. The number of carbonyl (C=O) groups excluding carboxylic acids is 1. The summed E-state index contributed by atoms with van der Waals surface area (Å²) in [7, 11) is 0. The van der Waals surface area contributed by atoms with Crippen LogP contribution in [0.3, 0.4) is 0 Å². The topological polar surface area (TPSA) is 62.0 Å². The Morgan fingerprint density at radius 2 is 2.05 bits per heavy atom. The van der Waals surface area contributed by atoms with Crippen molar-refractivity contribution in [3.05, 3.63) is 44.7 Å². The minimum atomic E-state index is -0.137. The number of aromatic nitrogens is 1. The second-order valence-corrected chi connectivity index (χ2v) is 6.12. The molecule has 2 N–H and O–H groups in total. The van der Waals surface area contributed by atoms with Crippen LogP contribution in [0.1, 0.15) is 22.5 Å². The van der Waals surface area contributed by atoms with Gasteiger partial charge in [0.05, 0.1) is 4.88 Å². The predicted molar refractivity (Wildman–Crippen MR) is 80.4 cm³/mol. The molecule has 0 spiro atoms. The van der Waals surface area contributed by atoms with E-state index in [0.717, 1.165) is 40.5 Å². The Morgan fingerprint density at radius 1 is 1.25 bits per heavy atom. The van der Waals surface area contributed by atoms with E-state index in [1.54, 1.807) is 0 Å². The minimum Gasteiger partial charge on any atom is -0.351 e. The van der Waals surface area contributed by atoms with Crippen molar-refractivity contribution in [3.63, 3.8) is 0 Å². The molecule has 3 aromatic rings. The SMILES string of the molecule is O=C(NC1CC1)c1cc2c([nH]c3ccccc32)c(=O)s1. The molecule has 2 aromatic heterocycles. The Kier molecular flexibility index (Phi) is 2.44. The standard InChI is InChI=1S/C15H12N2O2S/c18-14(16-8-5-6-8)12-7-10-9-3-1-2-4-11(9)17-13(10)15(19)20-12/h1-4,7-8,17H,5-6H2,(H,16,18). The molecule has 0 saturated heterocycles. The van der Waals surface area contributed by atoms with E-state index in [0.29, 0.717) is 16.4 Å².